The van der Waals surface area contributed by atoms with E-state index in [4.69, 9.17) is 4.74 Å². The fourth-order valence-electron chi connectivity index (χ4n) is 3.41. The van der Waals surface area contributed by atoms with E-state index in [9.17, 15) is 8.78 Å². The Morgan fingerprint density at radius 2 is 2.17 bits per heavy atom. The van der Waals surface area contributed by atoms with Gasteiger partial charge in [-0.05, 0) is 43.2 Å². The van der Waals surface area contributed by atoms with Crippen molar-refractivity contribution in [2.75, 3.05) is 40.3 Å². The zero-order chi connectivity index (χ0) is 21.4. The minimum atomic E-state index is -1.25. The van der Waals surface area contributed by atoms with E-state index in [0.29, 0.717) is 42.2 Å². The Kier molecular flexibility index (Phi) is 7.59. The van der Waals surface area contributed by atoms with Gasteiger partial charge in [-0.2, -0.15) is 0 Å². The average Bonchev–Trinajstić information content (AvgIpc) is 2.76. The highest BCUT2D eigenvalue weighted by molar-refractivity contribution is 6.03. The van der Waals surface area contributed by atoms with Gasteiger partial charge in [0.15, 0.2) is 11.6 Å². The number of benzene rings is 1. The van der Waals surface area contributed by atoms with Crippen LogP contribution in [0.4, 0.5) is 8.78 Å². The summed E-state index contributed by atoms with van der Waals surface area (Å²) in [4.78, 5) is 13.1. The predicted octanol–water partition coefficient (Wildman–Crippen LogP) is 2.89. The number of aromatic nitrogens is 2. The molecule has 2 N–H and O–H groups in total. The molecule has 0 amide bonds. The maximum absolute atomic E-state index is 14.8. The number of hydrogen-bond acceptors (Lipinski definition) is 6. The summed E-state index contributed by atoms with van der Waals surface area (Å²) in [5.41, 5.74) is 1.30. The van der Waals surface area contributed by atoms with Gasteiger partial charge in [-0.15, -0.1) is 0 Å². The van der Waals surface area contributed by atoms with Crippen LogP contribution in [0, 0.1) is 5.82 Å². The Morgan fingerprint density at radius 3 is 2.87 bits per heavy atom. The first-order chi connectivity index (χ1) is 14.5. The van der Waals surface area contributed by atoms with Crippen molar-refractivity contribution in [2.45, 2.75) is 18.5 Å². The van der Waals surface area contributed by atoms with Crippen LogP contribution in [0.1, 0.15) is 29.8 Å². The fraction of sp³-hybridized carbons (Fsp3) is 0.409. The molecule has 1 aromatic carbocycles. The Labute approximate surface area is 175 Å². The summed E-state index contributed by atoms with van der Waals surface area (Å²) in [5, 5.41) is 6.27. The topological polar surface area (TPSA) is 71.4 Å². The number of aliphatic imine (C=N–C) groups is 1. The summed E-state index contributed by atoms with van der Waals surface area (Å²) in [6, 6.07) is 4.72. The molecule has 1 aromatic heterocycles. The van der Waals surface area contributed by atoms with Gasteiger partial charge in [-0.3, -0.25) is 15.0 Å². The second kappa shape index (κ2) is 10.4. The van der Waals surface area contributed by atoms with Crippen LogP contribution >= 0.6 is 0 Å². The SMILES string of the molecule is CN=C(CNCC1(F)CCCNC1)c1nccnc1/C=C/c1ccc(OC)c(F)c1. The van der Waals surface area contributed by atoms with E-state index in [0.717, 1.165) is 13.0 Å². The normalized spacial score (nSPS) is 19.9. The first-order valence-electron chi connectivity index (χ1n) is 9.94. The largest absolute Gasteiger partial charge is 0.494 e. The van der Waals surface area contributed by atoms with Crippen molar-refractivity contribution < 1.29 is 13.5 Å². The summed E-state index contributed by atoms with van der Waals surface area (Å²) in [6.07, 6.45) is 8.06. The quantitative estimate of drug-likeness (QED) is 0.649. The predicted molar refractivity (Wildman–Crippen MR) is 115 cm³/mol. The number of halogens is 2. The van der Waals surface area contributed by atoms with Gasteiger partial charge in [-0.25, -0.2) is 8.78 Å². The molecule has 0 bridgehead atoms. The molecule has 1 aliphatic rings. The molecule has 160 valence electrons. The molecular formula is C22H27F2N5O. The number of hydrogen-bond donors (Lipinski definition) is 2. The van der Waals surface area contributed by atoms with Gasteiger partial charge in [-0.1, -0.05) is 12.1 Å². The second-order valence-electron chi connectivity index (χ2n) is 7.22. The summed E-state index contributed by atoms with van der Waals surface area (Å²) < 4.78 is 33.6. The Balaban J connectivity index is 1.70. The minimum Gasteiger partial charge on any atom is -0.494 e. The summed E-state index contributed by atoms with van der Waals surface area (Å²) in [6.45, 7) is 1.84. The lowest BCUT2D eigenvalue weighted by molar-refractivity contribution is 0.122. The molecule has 1 fully saturated rings. The van der Waals surface area contributed by atoms with Gasteiger partial charge in [0.1, 0.15) is 11.4 Å². The number of alkyl halides is 1. The van der Waals surface area contributed by atoms with E-state index >= 15 is 0 Å². The van der Waals surface area contributed by atoms with Crippen molar-refractivity contribution >= 4 is 17.9 Å². The molecule has 0 saturated carbocycles. The average molecular weight is 415 g/mol. The lowest BCUT2D eigenvalue weighted by atomic mass is 9.96. The summed E-state index contributed by atoms with van der Waals surface area (Å²) in [7, 11) is 3.10. The minimum absolute atomic E-state index is 0.192. The van der Waals surface area contributed by atoms with Gasteiger partial charge in [0.2, 0.25) is 0 Å². The molecule has 1 atom stereocenters. The van der Waals surface area contributed by atoms with Crippen molar-refractivity contribution in [3.05, 3.63) is 53.4 Å². The highest BCUT2D eigenvalue weighted by atomic mass is 19.1. The van der Waals surface area contributed by atoms with E-state index < -0.39 is 11.5 Å². The number of ether oxygens (including phenoxy) is 1. The zero-order valence-corrected chi connectivity index (χ0v) is 17.3. The zero-order valence-electron chi connectivity index (χ0n) is 17.3. The molecule has 0 radical (unpaired) electrons. The monoisotopic (exact) mass is 415 g/mol. The van der Waals surface area contributed by atoms with Crippen LogP contribution in [0.25, 0.3) is 12.2 Å². The first-order valence-corrected chi connectivity index (χ1v) is 9.94. The molecule has 3 rings (SSSR count). The van der Waals surface area contributed by atoms with Crippen LogP contribution in [0.5, 0.6) is 5.75 Å². The highest BCUT2D eigenvalue weighted by Gasteiger charge is 2.31. The molecule has 1 unspecified atom stereocenters. The fourth-order valence-corrected chi connectivity index (χ4v) is 3.41. The van der Waals surface area contributed by atoms with Crippen molar-refractivity contribution in [1.29, 1.82) is 0 Å². The van der Waals surface area contributed by atoms with E-state index in [2.05, 4.69) is 25.6 Å². The molecule has 1 saturated heterocycles. The number of nitrogens with one attached hydrogen (secondary N) is 2. The van der Waals surface area contributed by atoms with E-state index in [-0.39, 0.29) is 12.3 Å². The van der Waals surface area contributed by atoms with Gasteiger partial charge in [0.25, 0.3) is 0 Å². The lowest BCUT2D eigenvalue weighted by Crippen LogP contribution is -2.49. The Morgan fingerprint density at radius 1 is 1.33 bits per heavy atom. The number of nitrogens with zero attached hydrogens (tertiary/aromatic N) is 3. The van der Waals surface area contributed by atoms with Gasteiger partial charge >= 0.3 is 0 Å². The van der Waals surface area contributed by atoms with E-state index in [1.165, 1.54) is 13.2 Å². The highest BCUT2D eigenvalue weighted by Crippen LogP contribution is 2.20. The van der Waals surface area contributed by atoms with Crippen molar-refractivity contribution in [1.82, 2.24) is 20.6 Å². The molecule has 30 heavy (non-hydrogen) atoms. The summed E-state index contributed by atoms with van der Waals surface area (Å²) in [5.74, 6) is -0.242. The standard InChI is InChI=1S/C22H27F2N5O/c1-25-19(13-27-15-22(24)8-3-9-26-14-22)21-18(28-10-11-29-21)6-4-16-5-7-20(30-2)17(23)12-16/h4-7,10-12,26-27H,3,8-9,13-15H2,1-2H3/b6-4+,25-19?. The molecule has 0 aliphatic carbocycles. The van der Waals surface area contributed by atoms with Crippen LogP contribution in [-0.2, 0) is 0 Å². The van der Waals surface area contributed by atoms with Crippen LogP contribution in [0.15, 0.2) is 35.6 Å². The van der Waals surface area contributed by atoms with Gasteiger partial charge in [0.05, 0.1) is 18.5 Å². The maximum atomic E-state index is 14.8. The van der Waals surface area contributed by atoms with Crippen LogP contribution in [-0.4, -0.2) is 61.7 Å². The van der Waals surface area contributed by atoms with E-state index in [1.807, 2.05) is 0 Å². The lowest BCUT2D eigenvalue weighted by Gasteiger charge is -2.30. The second-order valence-corrected chi connectivity index (χ2v) is 7.22. The van der Waals surface area contributed by atoms with E-state index in [1.54, 1.807) is 43.7 Å². The van der Waals surface area contributed by atoms with Crippen molar-refractivity contribution in [3.8, 4) is 5.75 Å². The van der Waals surface area contributed by atoms with Crippen LogP contribution in [0.3, 0.4) is 0 Å². The maximum Gasteiger partial charge on any atom is 0.165 e. The molecule has 0 spiro atoms. The molecule has 2 aromatic rings. The number of rotatable bonds is 8. The smallest absolute Gasteiger partial charge is 0.165 e. The molecule has 6 nitrogen and oxygen atoms in total. The van der Waals surface area contributed by atoms with Gasteiger partial charge in [0, 0.05) is 39.1 Å². The van der Waals surface area contributed by atoms with Crippen molar-refractivity contribution in [2.24, 2.45) is 4.99 Å². The Hall–Kier alpha value is -2.71. The Bertz CT molecular complexity index is 910. The third-order valence-corrected chi connectivity index (χ3v) is 5.03. The van der Waals surface area contributed by atoms with Crippen LogP contribution < -0.4 is 15.4 Å². The molecule has 1 aliphatic heterocycles. The molecular weight excluding hydrogens is 388 g/mol. The number of piperidine rings is 1. The molecule has 8 heteroatoms. The third kappa shape index (κ3) is 5.67. The van der Waals surface area contributed by atoms with Crippen molar-refractivity contribution in [3.63, 3.8) is 0 Å². The van der Waals surface area contributed by atoms with Gasteiger partial charge < -0.3 is 15.4 Å². The third-order valence-electron chi connectivity index (χ3n) is 5.03. The first kappa shape index (κ1) is 22.0. The van der Waals surface area contributed by atoms with Crippen LogP contribution in [0.2, 0.25) is 0 Å². The summed E-state index contributed by atoms with van der Waals surface area (Å²) >= 11 is 0. The molecule has 2 heterocycles. The number of methoxy groups -OCH3 is 1.